The van der Waals surface area contributed by atoms with E-state index in [2.05, 4.69) is 31.8 Å². The maximum Gasteiger partial charge on any atom is 0.134 e. The Balaban J connectivity index is 2.29. The summed E-state index contributed by atoms with van der Waals surface area (Å²) in [7, 11) is 0. The van der Waals surface area contributed by atoms with Gasteiger partial charge in [-0.3, -0.25) is 0 Å². The van der Waals surface area contributed by atoms with E-state index in [-0.39, 0.29) is 6.04 Å². The predicted octanol–water partition coefficient (Wildman–Crippen LogP) is 3.97. The highest BCUT2D eigenvalue weighted by atomic mass is 16.3. The molecule has 0 bridgehead atoms. The van der Waals surface area contributed by atoms with Crippen LogP contribution in [0.1, 0.15) is 31.2 Å². The molecule has 0 radical (unpaired) electrons. The van der Waals surface area contributed by atoms with Crippen LogP contribution in [0, 0.1) is 6.92 Å². The van der Waals surface area contributed by atoms with Gasteiger partial charge in [0, 0.05) is 11.9 Å². The maximum atomic E-state index is 5.90. The minimum atomic E-state index is 0.207. The van der Waals surface area contributed by atoms with Crippen molar-refractivity contribution in [2.24, 2.45) is 0 Å². The van der Waals surface area contributed by atoms with E-state index in [1.54, 1.807) is 0 Å². The topological polar surface area (TPSA) is 25.2 Å². The van der Waals surface area contributed by atoms with Crippen LogP contribution in [0.15, 0.2) is 40.8 Å². The van der Waals surface area contributed by atoms with Crippen LogP contribution >= 0.6 is 0 Å². The van der Waals surface area contributed by atoms with E-state index < -0.39 is 0 Å². The fourth-order valence-corrected chi connectivity index (χ4v) is 2.03. The second kappa shape index (κ2) is 4.76. The van der Waals surface area contributed by atoms with Crippen molar-refractivity contribution >= 4 is 11.0 Å². The van der Waals surface area contributed by atoms with Gasteiger partial charge >= 0.3 is 0 Å². The first-order chi connectivity index (χ1) is 8.09. The molecule has 2 rings (SSSR count). The molecule has 1 N–H and O–H groups in total. The van der Waals surface area contributed by atoms with Crippen LogP contribution in [0.2, 0.25) is 0 Å². The van der Waals surface area contributed by atoms with E-state index >= 15 is 0 Å². The quantitative estimate of drug-likeness (QED) is 0.802. The molecule has 1 aromatic heterocycles. The molecular formula is C15H19NO. The molecule has 1 aromatic carbocycles. The Kier molecular flexibility index (Phi) is 3.34. The number of hydrogen-bond donors (Lipinski definition) is 1. The molecule has 1 heterocycles. The van der Waals surface area contributed by atoms with Gasteiger partial charge in [0.15, 0.2) is 0 Å². The van der Waals surface area contributed by atoms with Crippen molar-refractivity contribution < 1.29 is 4.42 Å². The molecule has 1 unspecified atom stereocenters. The average Bonchev–Trinajstić information content (AvgIpc) is 2.64. The average molecular weight is 229 g/mol. The van der Waals surface area contributed by atoms with Gasteiger partial charge in [0.25, 0.3) is 0 Å². The Morgan fingerprint density at radius 3 is 2.76 bits per heavy atom. The Hall–Kier alpha value is -1.54. The number of fused-ring (bicyclic) bond motifs is 1. The zero-order valence-corrected chi connectivity index (χ0v) is 10.7. The Morgan fingerprint density at radius 2 is 2.12 bits per heavy atom. The first-order valence-electron chi connectivity index (χ1n) is 5.95. The zero-order chi connectivity index (χ0) is 12.4. The highest BCUT2D eigenvalue weighted by molar-refractivity contribution is 5.82. The van der Waals surface area contributed by atoms with E-state index in [1.165, 1.54) is 10.9 Å². The van der Waals surface area contributed by atoms with Crippen molar-refractivity contribution in [1.82, 2.24) is 5.32 Å². The predicted molar refractivity (Wildman–Crippen MR) is 72.2 cm³/mol. The van der Waals surface area contributed by atoms with Gasteiger partial charge in [-0.05, 0) is 32.4 Å². The van der Waals surface area contributed by atoms with Crippen molar-refractivity contribution in [2.75, 3.05) is 6.54 Å². The van der Waals surface area contributed by atoms with Crippen LogP contribution in [0.3, 0.4) is 0 Å². The van der Waals surface area contributed by atoms with Gasteiger partial charge in [-0.25, -0.2) is 0 Å². The molecule has 0 aliphatic carbocycles. The summed E-state index contributed by atoms with van der Waals surface area (Å²) in [6, 6.07) is 8.36. The molecule has 0 saturated heterocycles. The van der Waals surface area contributed by atoms with Crippen LogP contribution in [-0.4, -0.2) is 6.54 Å². The number of rotatable bonds is 4. The summed E-state index contributed by atoms with van der Waals surface area (Å²) in [4.78, 5) is 0. The van der Waals surface area contributed by atoms with Gasteiger partial charge in [0.1, 0.15) is 11.3 Å². The lowest BCUT2D eigenvalue weighted by molar-refractivity contribution is 0.459. The lowest BCUT2D eigenvalue weighted by atomic mass is 10.1. The molecule has 0 saturated carbocycles. The molecule has 1 atom stereocenters. The number of hydrogen-bond acceptors (Lipinski definition) is 2. The molecule has 90 valence electrons. The number of furan rings is 1. The van der Waals surface area contributed by atoms with E-state index in [9.17, 15) is 0 Å². The first-order valence-corrected chi connectivity index (χ1v) is 5.95. The molecule has 2 aromatic rings. The monoisotopic (exact) mass is 229 g/mol. The second-order valence-electron chi connectivity index (χ2n) is 4.65. The first kappa shape index (κ1) is 11.9. The van der Waals surface area contributed by atoms with E-state index in [4.69, 9.17) is 4.42 Å². The summed E-state index contributed by atoms with van der Waals surface area (Å²) in [5.74, 6) is 1.02. The third-order valence-electron chi connectivity index (χ3n) is 2.98. The minimum absolute atomic E-state index is 0.207. The van der Waals surface area contributed by atoms with Gasteiger partial charge in [-0.1, -0.05) is 30.4 Å². The normalized spacial score (nSPS) is 12.9. The third-order valence-corrected chi connectivity index (χ3v) is 2.98. The highest BCUT2D eigenvalue weighted by Crippen LogP contribution is 2.28. The molecule has 0 spiro atoms. The van der Waals surface area contributed by atoms with Gasteiger partial charge in [0.2, 0.25) is 0 Å². The fraction of sp³-hybridized carbons (Fsp3) is 0.333. The Bertz CT molecular complexity index is 539. The lowest BCUT2D eigenvalue weighted by Gasteiger charge is -2.12. The van der Waals surface area contributed by atoms with Crippen LogP contribution < -0.4 is 5.32 Å². The SMILES string of the molecule is C=C(C)CNC(C)c1oc2ccccc2c1C. The summed E-state index contributed by atoms with van der Waals surface area (Å²) in [6.45, 7) is 11.0. The van der Waals surface area contributed by atoms with Crippen molar-refractivity contribution in [1.29, 1.82) is 0 Å². The summed E-state index contributed by atoms with van der Waals surface area (Å²) in [5.41, 5.74) is 3.32. The van der Waals surface area contributed by atoms with Crippen molar-refractivity contribution in [3.05, 3.63) is 47.7 Å². The number of aryl methyl sites for hydroxylation is 1. The summed E-state index contributed by atoms with van der Waals surface area (Å²) in [6.07, 6.45) is 0. The number of nitrogens with one attached hydrogen (secondary N) is 1. The Labute approximate surface area is 102 Å². The fourth-order valence-electron chi connectivity index (χ4n) is 2.03. The Morgan fingerprint density at radius 1 is 1.41 bits per heavy atom. The smallest absolute Gasteiger partial charge is 0.134 e. The second-order valence-corrected chi connectivity index (χ2v) is 4.65. The molecule has 0 aliphatic heterocycles. The van der Waals surface area contributed by atoms with Gasteiger partial charge in [0.05, 0.1) is 6.04 Å². The maximum absolute atomic E-state index is 5.90. The van der Waals surface area contributed by atoms with Gasteiger partial charge < -0.3 is 9.73 Å². The van der Waals surface area contributed by atoms with Crippen LogP contribution in [-0.2, 0) is 0 Å². The molecule has 0 fully saturated rings. The molecule has 17 heavy (non-hydrogen) atoms. The molecule has 0 amide bonds. The van der Waals surface area contributed by atoms with Gasteiger partial charge in [-0.2, -0.15) is 0 Å². The summed E-state index contributed by atoms with van der Waals surface area (Å²) >= 11 is 0. The largest absolute Gasteiger partial charge is 0.459 e. The third kappa shape index (κ3) is 2.42. The van der Waals surface area contributed by atoms with Crippen molar-refractivity contribution in [3.63, 3.8) is 0 Å². The standard InChI is InChI=1S/C15H19NO/c1-10(2)9-16-12(4)15-11(3)13-7-5-6-8-14(13)17-15/h5-8,12,16H,1,9H2,2-4H3. The zero-order valence-electron chi connectivity index (χ0n) is 10.7. The van der Waals surface area contributed by atoms with Crippen molar-refractivity contribution in [2.45, 2.75) is 26.8 Å². The minimum Gasteiger partial charge on any atom is -0.459 e. The van der Waals surface area contributed by atoms with E-state index in [0.717, 1.165) is 23.5 Å². The molecule has 0 aliphatic rings. The number of benzene rings is 1. The van der Waals surface area contributed by atoms with Crippen LogP contribution in [0.5, 0.6) is 0 Å². The van der Waals surface area contributed by atoms with E-state index in [0.29, 0.717) is 0 Å². The van der Waals surface area contributed by atoms with Crippen LogP contribution in [0.4, 0.5) is 0 Å². The number of para-hydroxylation sites is 1. The van der Waals surface area contributed by atoms with Gasteiger partial charge in [-0.15, -0.1) is 0 Å². The molecule has 2 heteroatoms. The van der Waals surface area contributed by atoms with Crippen molar-refractivity contribution in [3.8, 4) is 0 Å². The summed E-state index contributed by atoms with van der Waals surface area (Å²) in [5, 5.41) is 4.61. The lowest BCUT2D eigenvalue weighted by Crippen LogP contribution is -2.20. The van der Waals surface area contributed by atoms with E-state index in [1.807, 2.05) is 25.1 Å². The molecule has 2 nitrogen and oxygen atoms in total. The summed E-state index contributed by atoms with van der Waals surface area (Å²) < 4.78 is 5.90. The molecular weight excluding hydrogens is 210 g/mol. The highest BCUT2D eigenvalue weighted by Gasteiger charge is 2.15. The van der Waals surface area contributed by atoms with Crippen LogP contribution in [0.25, 0.3) is 11.0 Å².